The second-order valence-corrected chi connectivity index (χ2v) is 5.95. The Morgan fingerprint density at radius 1 is 1.29 bits per heavy atom. The van der Waals surface area contributed by atoms with Crippen LogP contribution in [-0.2, 0) is 4.79 Å². The van der Waals surface area contributed by atoms with E-state index in [4.69, 9.17) is 5.11 Å². The molecular weight excluding hydrogens is 264 g/mol. The molecule has 0 radical (unpaired) electrons. The highest BCUT2D eigenvalue weighted by atomic mass is 16.2. The maximum Gasteiger partial charge on any atom is 0.238 e. The lowest BCUT2D eigenvalue weighted by Crippen LogP contribution is -2.36. The van der Waals surface area contributed by atoms with Crippen LogP contribution in [-0.4, -0.2) is 41.7 Å². The first-order chi connectivity index (χ1) is 10.1. The summed E-state index contributed by atoms with van der Waals surface area (Å²) in [5.74, 6) is 0.0586. The van der Waals surface area contributed by atoms with Crippen LogP contribution in [0.4, 0.5) is 5.69 Å². The van der Waals surface area contributed by atoms with E-state index >= 15 is 0 Å². The molecule has 0 heterocycles. The van der Waals surface area contributed by atoms with E-state index in [2.05, 4.69) is 10.2 Å². The molecule has 1 fully saturated rings. The number of hydrogen-bond donors (Lipinski definition) is 2. The number of aliphatic hydroxyl groups is 1. The lowest BCUT2D eigenvalue weighted by molar-refractivity contribution is -0.117. The van der Waals surface area contributed by atoms with Gasteiger partial charge in [-0.05, 0) is 57.2 Å². The van der Waals surface area contributed by atoms with Crippen LogP contribution in [0, 0.1) is 13.8 Å². The molecule has 1 aliphatic carbocycles. The number of amides is 1. The van der Waals surface area contributed by atoms with Gasteiger partial charge in [0.05, 0.1) is 6.54 Å². The highest BCUT2D eigenvalue weighted by Crippen LogP contribution is 2.27. The molecule has 2 rings (SSSR count). The van der Waals surface area contributed by atoms with Crippen LogP contribution in [0.15, 0.2) is 18.2 Å². The predicted molar refractivity (Wildman–Crippen MR) is 85.5 cm³/mol. The molecule has 0 saturated heterocycles. The van der Waals surface area contributed by atoms with E-state index in [1.54, 1.807) is 0 Å². The fourth-order valence-electron chi connectivity index (χ4n) is 2.63. The quantitative estimate of drug-likeness (QED) is 0.723. The molecule has 2 N–H and O–H groups in total. The van der Waals surface area contributed by atoms with Crippen molar-refractivity contribution in [1.82, 2.24) is 4.90 Å². The first-order valence-corrected chi connectivity index (χ1v) is 7.83. The fraction of sp³-hybridized carbons (Fsp3) is 0.588. The first-order valence-electron chi connectivity index (χ1n) is 7.83. The lowest BCUT2D eigenvalue weighted by Gasteiger charge is -2.22. The molecule has 0 bridgehead atoms. The summed E-state index contributed by atoms with van der Waals surface area (Å²) < 4.78 is 0. The Labute approximate surface area is 127 Å². The van der Waals surface area contributed by atoms with Crippen LogP contribution in [0.1, 0.15) is 36.8 Å². The summed E-state index contributed by atoms with van der Waals surface area (Å²) in [4.78, 5) is 14.5. The molecule has 4 heteroatoms. The number of nitrogens with zero attached hydrogens (tertiary/aromatic N) is 1. The maximum absolute atomic E-state index is 12.3. The van der Waals surface area contributed by atoms with E-state index in [1.807, 2.05) is 32.0 Å². The van der Waals surface area contributed by atoms with Crippen molar-refractivity contribution in [2.24, 2.45) is 0 Å². The third kappa shape index (κ3) is 4.83. The molecule has 1 aliphatic rings. The van der Waals surface area contributed by atoms with Crippen LogP contribution in [0.3, 0.4) is 0 Å². The molecule has 4 nitrogen and oxygen atoms in total. The molecule has 0 aromatic heterocycles. The monoisotopic (exact) mass is 290 g/mol. The second-order valence-electron chi connectivity index (χ2n) is 5.95. The highest BCUT2D eigenvalue weighted by Gasteiger charge is 2.29. The number of unbranched alkanes of at least 4 members (excludes halogenated alkanes) is 1. The summed E-state index contributed by atoms with van der Waals surface area (Å²) in [5, 5.41) is 11.9. The Hall–Kier alpha value is -1.39. The Balaban J connectivity index is 1.90. The van der Waals surface area contributed by atoms with E-state index in [0.717, 1.165) is 36.2 Å². The van der Waals surface area contributed by atoms with Crippen LogP contribution in [0.2, 0.25) is 0 Å². The van der Waals surface area contributed by atoms with Crippen molar-refractivity contribution in [3.8, 4) is 0 Å². The second kappa shape index (κ2) is 7.57. The van der Waals surface area contributed by atoms with Gasteiger partial charge in [0.1, 0.15) is 0 Å². The minimum absolute atomic E-state index is 0.0586. The zero-order chi connectivity index (χ0) is 15.2. The van der Waals surface area contributed by atoms with Gasteiger partial charge in [0.25, 0.3) is 0 Å². The Bertz CT molecular complexity index is 463. The van der Waals surface area contributed by atoms with E-state index in [9.17, 15) is 4.79 Å². The first kappa shape index (κ1) is 16.0. The topological polar surface area (TPSA) is 52.6 Å². The number of aliphatic hydroxyl groups excluding tert-OH is 1. The van der Waals surface area contributed by atoms with Gasteiger partial charge >= 0.3 is 0 Å². The zero-order valence-electron chi connectivity index (χ0n) is 13.1. The van der Waals surface area contributed by atoms with Crippen LogP contribution in [0.5, 0.6) is 0 Å². The van der Waals surface area contributed by atoms with Gasteiger partial charge in [-0.15, -0.1) is 0 Å². The van der Waals surface area contributed by atoms with Crippen molar-refractivity contribution in [3.63, 3.8) is 0 Å². The average molecular weight is 290 g/mol. The number of rotatable bonds is 8. The van der Waals surface area contributed by atoms with Crippen molar-refractivity contribution in [3.05, 3.63) is 29.3 Å². The number of anilines is 1. The summed E-state index contributed by atoms with van der Waals surface area (Å²) in [6.07, 6.45) is 4.14. The zero-order valence-corrected chi connectivity index (χ0v) is 13.1. The largest absolute Gasteiger partial charge is 0.396 e. The van der Waals surface area contributed by atoms with Gasteiger partial charge in [0.15, 0.2) is 0 Å². The van der Waals surface area contributed by atoms with Gasteiger partial charge in [-0.3, -0.25) is 9.69 Å². The van der Waals surface area contributed by atoms with Gasteiger partial charge in [-0.25, -0.2) is 0 Å². The number of hydrogen-bond acceptors (Lipinski definition) is 3. The minimum atomic E-state index is 0.0586. The van der Waals surface area contributed by atoms with Crippen molar-refractivity contribution in [2.75, 3.05) is 25.0 Å². The standard InChI is InChI=1S/C17H26N2O2/c1-13-6-5-7-14(2)17(13)18-16(21)12-19(15-8-9-15)10-3-4-11-20/h5-7,15,20H,3-4,8-12H2,1-2H3,(H,18,21). The summed E-state index contributed by atoms with van der Waals surface area (Å²) in [6.45, 7) is 5.60. The van der Waals surface area contributed by atoms with Crippen molar-refractivity contribution in [1.29, 1.82) is 0 Å². The van der Waals surface area contributed by atoms with E-state index in [0.29, 0.717) is 12.6 Å². The summed E-state index contributed by atoms with van der Waals surface area (Å²) in [6, 6.07) is 6.60. The van der Waals surface area contributed by atoms with Gasteiger partial charge in [0.2, 0.25) is 5.91 Å². The summed E-state index contributed by atoms with van der Waals surface area (Å²) >= 11 is 0. The Kier molecular flexibility index (Phi) is 5.76. The molecule has 1 amide bonds. The molecule has 21 heavy (non-hydrogen) atoms. The van der Waals surface area contributed by atoms with Crippen molar-refractivity contribution < 1.29 is 9.90 Å². The smallest absolute Gasteiger partial charge is 0.238 e. The molecule has 116 valence electrons. The Morgan fingerprint density at radius 3 is 2.52 bits per heavy atom. The predicted octanol–water partition coefficient (Wildman–Crippen LogP) is 2.48. The van der Waals surface area contributed by atoms with Crippen molar-refractivity contribution in [2.45, 2.75) is 45.6 Å². The number of carbonyl (C=O) groups is 1. The number of nitrogens with one attached hydrogen (secondary N) is 1. The number of carbonyl (C=O) groups excluding carboxylic acids is 1. The SMILES string of the molecule is Cc1cccc(C)c1NC(=O)CN(CCCCO)C1CC1. The normalized spacial score (nSPS) is 14.5. The van der Waals surface area contributed by atoms with Gasteiger partial charge in [-0.1, -0.05) is 18.2 Å². The molecule has 0 aliphatic heterocycles. The van der Waals surface area contributed by atoms with Gasteiger partial charge in [0, 0.05) is 18.3 Å². The number of aryl methyl sites for hydroxylation is 2. The number of para-hydroxylation sites is 1. The molecule has 1 saturated carbocycles. The molecular formula is C17H26N2O2. The Morgan fingerprint density at radius 2 is 1.95 bits per heavy atom. The summed E-state index contributed by atoms with van der Waals surface area (Å²) in [5.41, 5.74) is 3.14. The minimum Gasteiger partial charge on any atom is -0.396 e. The average Bonchev–Trinajstić information content (AvgIpc) is 3.27. The highest BCUT2D eigenvalue weighted by molar-refractivity contribution is 5.93. The van der Waals surface area contributed by atoms with Crippen LogP contribution in [0.25, 0.3) is 0 Å². The maximum atomic E-state index is 12.3. The fourth-order valence-corrected chi connectivity index (χ4v) is 2.63. The molecule has 1 aromatic rings. The summed E-state index contributed by atoms with van der Waals surface area (Å²) in [7, 11) is 0. The van der Waals surface area contributed by atoms with Crippen LogP contribution >= 0.6 is 0 Å². The number of benzene rings is 1. The van der Waals surface area contributed by atoms with Crippen LogP contribution < -0.4 is 5.32 Å². The lowest BCUT2D eigenvalue weighted by atomic mass is 10.1. The van der Waals surface area contributed by atoms with E-state index < -0.39 is 0 Å². The van der Waals surface area contributed by atoms with Crippen molar-refractivity contribution >= 4 is 11.6 Å². The molecule has 0 spiro atoms. The third-order valence-corrected chi connectivity index (χ3v) is 4.01. The third-order valence-electron chi connectivity index (χ3n) is 4.01. The van der Waals surface area contributed by atoms with E-state index in [-0.39, 0.29) is 12.5 Å². The van der Waals surface area contributed by atoms with E-state index in [1.165, 1.54) is 12.8 Å². The van der Waals surface area contributed by atoms with Gasteiger partial charge < -0.3 is 10.4 Å². The molecule has 0 unspecified atom stereocenters. The van der Waals surface area contributed by atoms with Gasteiger partial charge in [-0.2, -0.15) is 0 Å². The molecule has 0 atom stereocenters. The molecule has 1 aromatic carbocycles.